The molecule has 1 N–H and O–H groups in total. The van der Waals surface area contributed by atoms with E-state index < -0.39 is 0 Å². The van der Waals surface area contributed by atoms with Crippen molar-refractivity contribution >= 4 is 40.7 Å². The Labute approximate surface area is 173 Å². The van der Waals surface area contributed by atoms with Crippen molar-refractivity contribution in [1.82, 2.24) is 9.80 Å². The number of carbonyl (C=O) groups is 2. The molecule has 1 atom stereocenters. The molecule has 2 amide bonds. The molecule has 0 aliphatic carbocycles. The van der Waals surface area contributed by atoms with Crippen molar-refractivity contribution in [2.75, 3.05) is 31.5 Å². The van der Waals surface area contributed by atoms with Gasteiger partial charge in [-0.2, -0.15) is 0 Å². The van der Waals surface area contributed by atoms with Crippen LogP contribution in [0.1, 0.15) is 17.3 Å². The lowest BCUT2D eigenvalue weighted by atomic mass is 10.1. The van der Waals surface area contributed by atoms with Gasteiger partial charge in [-0.05, 0) is 49.4 Å². The number of rotatable bonds is 4. The molecule has 1 aliphatic heterocycles. The molecule has 28 heavy (non-hydrogen) atoms. The van der Waals surface area contributed by atoms with Gasteiger partial charge >= 0.3 is 0 Å². The molecule has 0 radical (unpaired) electrons. The summed E-state index contributed by atoms with van der Waals surface area (Å²) in [5.41, 5.74) is 0.964. The van der Waals surface area contributed by atoms with Crippen molar-refractivity contribution in [3.05, 3.63) is 63.9 Å². The van der Waals surface area contributed by atoms with Crippen LogP contribution >= 0.6 is 23.2 Å². The van der Waals surface area contributed by atoms with E-state index in [1.807, 2.05) is 11.8 Å². The van der Waals surface area contributed by atoms with Crippen molar-refractivity contribution in [3.8, 4) is 0 Å². The first-order valence-electron chi connectivity index (χ1n) is 8.90. The van der Waals surface area contributed by atoms with Crippen molar-refractivity contribution in [1.29, 1.82) is 0 Å². The molecule has 1 heterocycles. The maximum Gasteiger partial charge on any atom is 0.253 e. The van der Waals surface area contributed by atoms with Gasteiger partial charge in [-0.25, -0.2) is 4.39 Å². The van der Waals surface area contributed by atoms with Gasteiger partial charge in [0.1, 0.15) is 5.82 Å². The number of anilines is 1. The van der Waals surface area contributed by atoms with E-state index in [0.29, 0.717) is 47.5 Å². The Hall–Kier alpha value is -2.15. The summed E-state index contributed by atoms with van der Waals surface area (Å²) in [6.45, 7) is 3.94. The third-order valence-electron chi connectivity index (χ3n) is 4.81. The second-order valence-electron chi connectivity index (χ2n) is 6.62. The summed E-state index contributed by atoms with van der Waals surface area (Å²) in [5.74, 6) is -0.686. The first-order valence-corrected chi connectivity index (χ1v) is 9.65. The van der Waals surface area contributed by atoms with E-state index in [0.717, 1.165) is 0 Å². The maximum absolute atomic E-state index is 13.0. The highest BCUT2D eigenvalue weighted by molar-refractivity contribution is 6.36. The highest BCUT2D eigenvalue weighted by Crippen LogP contribution is 2.25. The van der Waals surface area contributed by atoms with Gasteiger partial charge in [0, 0.05) is 36.8 Å². The van der Waals surface area contributed by atoms with Gasteiger partial charge in [-0.15, -0.1) is 0 Å². The Kier molecular flexibility index (Phi) is 6.54. The molecule has 0 bridgehead atoms. The highest BCUT2D eigenvalue weighted by atomic mass is 35.5. The molecule has 1 aliphatic rings. The first kappa shape index (κ1) is 20.6. The smallest absolute Gasteiger partial charge is 0.253 e. The Balaban J connectivity index is 1.55. The highest BCUT2D eigenvalue weighted by Gasteiger charge is 2.28. The minimum atomic E-state index is -0.380. The summed E-state index contributed by atoms with van der Waals surface area (Å²) in [4.78, 5) is 28.8. The number of nitrogens with one attached hydrogen (secondary N) is 1. The van der Waals surface area contributed by atoms with Gasteiger partial charge < -0.3 is 10.2 Å². The molecule has 148 valence electrons. The zero-order chi connectivity index (χ0) is 20.3. The number of benzene rings is 2. The number of piperazine rings is 1. The summed E-state index contributed by atoms with van der Waals surface area (Å²) >= 11 is 12.0. The molecule has 2 aromatic rings. The van der Waals surface area contributed by atoms with Crippen LogP contribution in [-0.2, 0) is 4.79 Å². The van der Waals surface area contributed by atoms with Gasteiger partial charge in [0.25, 0.3) is 5.91 Å². The van der Waals surface area contributed by atoms with E-state index >= 15 is 0 Å². The fraction of sp³-hybridized carbons (Fsp3) is 0.300. The number of hydrogen-bond donors (Lipinski definition) is 1. The van der Waals surface area contributed by atoms with Crippen LogP contribution in [0.25, 0.3) is 0 Å². The Bertz CT molecular complexity index is 868. The van der Waals surface area contributed by atoms with E-state index in [1.165, 1.54) is 24.3 Å². The molecule has 3 rings (SSSR count). The topological polar surface area (TPSA) is 52.7 Å². The summed E-state index contributed by atoms with van der Waals surface area (Å²) < 4.78 is 13.0. The van der Waals surface area contributed by atoms with Crippen LogP contribution in [0.2, 0.25) is 10.0 Å². The van der Waals surface area contributed by atoms with E-state index in [4.69, 9.17) is 23.2 Å². The number of halogens is 3. The number of nitrogens with zero attached hydrogens (tertiary/aromatic N) is 2. The second-order valence-corrected chi connectivity index (χ2v) is 7.47. The molecule has 0 aromatic heterocycles. The van der Waals surface area contributed by atoms with Gasteiger partial charge in [-0.3, -0.25) is 14.5 Å². The lowest BCUT2D eigenvalue weighted by molar-refractivity contribution is -0.121. The van der Waals surface area contributed by atoms with E-state index in [-0.39, 0.29) is 23.7 Å². The van der Waals surface area contributed by atoms with Crippen LogP contribution in [0.4, 0.5) is 10.1 Å². The average Bonchev–Trinajstić information content (AvgIpc) is 2.69. The van der Waals surface area contributed by atoms with Crippen molar-refractivity contribution in [2.24, 2.45) is 0 Å². The summed E-state index contributed by atoms with van der Waals surface area (Å²) in [7, 11) is 0. The first-order chi connectivity index (χ1) is 13.3. The summed E-state index contributed by atoms with van der Waals surface area (Å²) in [6, 6.07) is 10.0. The molecule has 1 unspecified atom stereocenters. The van der Waals surface area contributed by atoms with Crippen LogP contribution in [0.3, 0.4) is 0 Å². The molecule has 1 saturated heterocycles. The standard InChI is InChI=1S/C20H20Cl2FN3O2/c1-13(19(27)24-18-7-4-15(21)12-17(18)22)25-8-10-26(11-9-25)20(28)14-2-5-16(23)6-3-14/h2-7,12-13H,8-11H2,1H3,(H,24,27). The third kappa shape index (κ3) is 4.82. The fourth-order valence-corrected chi connectivity index (χ4v) is 3.54. The zero-order valence-corrected chi connectivity index (χ0v) is 16.8. The number of carbonyl (C=O) groups excluding carboxylic acids is 2. The van der Waals surface area contributed by atoms with Crippen LogP contribution in [0, 0.1) is 5.82 Å². The Morgan fingerprint density at radius 3 is 2.29 bits per heavy atom. The molecule has 5 nitrogen and oxygen atoms in total. The van der Waals surface area contributed by atoms with Crippen molar-refractivity contribution in [3.63, 3.8) is 0 Å². The van der Waals surface area contributed by atoms with Gasteiger partial charge in [0.15, 0.2) is 0 Å². The normalized spacial score (nSPS) is 15.9. The average molecular weight is 424 g/mol. The summed E-state index contributed by atoms with van der Waals surface area (Å²) in [5, 5.41) is 3.69. The van der Waals surface area contributed by atoms with Crippen LogP contribution < -0.4 is 5.32 Å². The molecular weight excluding hydrogens is 404 g/mol. The molecule has 0 saturated carbocycles. The maximum atomic E-state index is 13.0. The van der Waals surface area contributed by atoms with Gasteiger partial charge in [-0.1, -0.05) is 23.2 Å². The van der Waals surface area contributed by atoms with E-state index in [2.05, 4.69) is 5.32 Å². The predicted octanol–water partition coefficient (Wildman–Crippen LogP) is 3.92. The summed E-state index contributed by atoms with van der Waals surface area (Å²) in [6.07, 6.45) is 0. The van der Waals surface area contributed by atoms with Gasteiger partial charge in [0.05, 0.1) is 16.8 Å². The molecule has 1 fully saturated rings. The number of amides is 2. The lowest BCUT2D eigenvalue weighted by Gasteiger charge is -2.37. The van der Waals surface area contributed by atoms with E-state index in [9.17, 15) is 14.0 Å². The quantitative estimate of drug-likeness (QED) is 0.810. The lowest BCUT2D eigenvalue weighted by Crippen LogP contribution is -2.54. The Morgan fingerprint density at radius 2 is 1.68 bits per heavy atom. The van der Waals surface area contributed by atoms with Gasteiger partial charge in [0.2, 0.25) is 5.91 Å². The van der Waals surface area contributed by atoms with Crippen molar-refractivity contribution < 1.29 is 14.0 Å². The SMILES string of the molecule is CC(C(=O)Nc1ccc(Cl)cc1Cl)N1CCN(C(=O)c2ccc(F)cc2)CC1. The molecule has 0 spiro atoms. The third-order valence-corrected chi connectivity index (χ3v) is 5.36. The van der Waals surface area contributed by atoms with Crippen LogP contribution in [0.5, 0.6) is 0 Å². The van der Waals surface area contributed by atoms with Crippen LogP contribution in [-0.4, -0.2) is 53.8 Å². The minimum absolute atomic E-state index is 0.135. The van der Waals surface area contributed by atoms with Crippen molar-refractivity contribution in [2.45, 2.75) is 13.0 Å². The molecular formula is C20H20Cl2FN3O2. The molecule has 2 aromatic carbocycles. The largest absolute Gasteiger partial charge is 0.336 e. The minimum Gasteiger partial charge on any atom is -0.336 e. The monoisotopic (exact) mass is 423 g/mol. The number of hydrogen-bond acceptors (Lipinski definition) is 3. The molecule has 8 heteroatoms. The Morgan fingerprint density at radius 1 is 1.04 bits per heavy atom. The fourth-order valence-electron chi connectivity index (χ4n) is 3.08. The zero-order valence-electron chi connectivity index (χ0n) is 15.3. The van der Waals surface area contributed by atoms with E-state index in [1.54, 1.807) is 23.1 Å². The second kappa shape index (κ2) is 8.90. The van der Waals surface area contributed by atoms with Crippen LogP contribution in [0.15, 0.2) is 42.5 Å². The predicted molar refractivity (Wildman–Crippen MR) is 108 cm³/mol.